The molecule has 1 aliphatic carbocycles. The molecule has 21 heavy (non-hydrogen) atoms. The molecule has 2 nitrogen and oxygen atoms in total. The third-order valence-corrected chi connectivity index (χ3v) is 4.56. The molecule has 1 aromatic carbocycles. The van der Waals surface area contributed by atoms with Gasteiger partial charge in [-0.2, -0.15) is 0 Å². The van der Waals surface area contributed by atoms with E-state index in [-0.39, 0.29) is 11.9 Å². The number of nitrogens with one attached hydrogen (secondary N) is 1. The van der Waals surface area contributed by atoms with E-state index < -0.39 is 0 Å². The first kappa shape index (κ1) is 16.3. The highest BCUT2D eigenvalue weighted by Gasteiger charge is 2.21. The van der Waals surface area contributed by atoms with Gasteiger partial charge in [-0.15, -0.1) is 0 Å². The molecule has 0 aliphatic heterocycles. The van der Waals surface area contributed by atoms with Gasteiger partial charge in [-0.05, 0) is 37.1 Å². The summed E-state index contributed by atoms with van der Waals surface area (Å²) in [6.07, 6.45) is 9.09. The largest absolute Gasteiger partial charge is 0.496 e. The summed E-state index contributed by atoms with van der Waals surface area (Å²) in [5, 5.41) is 3.52. The Balaban J connectivity index is 2.15. The molecule has 1 atom stereocenters. The molecule has 0 spiro atoms. The van der Waals surface area contributed by atoms with Crippen molar-refractivity contribution in [3.63, 3.8) is 0 Å². The number of hydrogen-bond acceptors (Lipinski definition) is 2. The van der Waals surface area contributed by atoms with E-state index in [9.17, 15) is 4.39 Å². The highest BCUT2D eigenvalue weighted by atomic mass is 19.1. The fourth-order valence-electron chi connectivity index (χ4n) is 3.48. The summed E-state index contributed by atoms with van der Waals surface area (Å²) >= 11 is 0. The van der Waals surface area contributed by atoms with E-state index in [0.717, 1.165) is 30.2 Å². The van der Waals surface area contributed by atoms with Gasteiger partial charge in [0.15, 0.2) is 0 Å². The van der Waals surface area contributed by atoms with E-state index in [2.05, 4.69) is 12.2 Å². The predicted octanol–water partition coefficient (Wildman–Crippen LogP) is 4.85. The summed E-state index contributed by atoms with van der Waals surface area (Å²) in [5.41, 5.74) is 0.962. The van der Waals surface area contributed by atoms with Crippen LogP contribution in [-0.2, 0) is 0 Å². The van der Waals surface area contributed by atoms with Crippen LogP contribution >= 0.6 is 0 Å². The number of benzene rings is 1. The number of rotatable bonds is 6. The Morgan fingerprint density at radius 3 is 2.57 bits per heavy atom. The minimum atomic E-state index is -0.186. The first-order chi connectivity index (χ1) is 10.2. The number of methoxy groups -OCH3 is 1. The van der Waals surface area contributed by atoms with E-state index in [1.165, 1.54) is 44.6 Å². The third-order valence-electron chi connectivity index (χ3n) is 4.56. The maximum atomic E-state index is 13.6. The molecule has 1 unspecified atom stereocenters. The molecular formula is C18H28FNO. The molecule has 118 valence electrons. The van der Waals surface area contributed by atoms with Gasteiger partial charge in [-0.1, -0.05) is 45.4 Å². The Hall–Kier alpha value is -1.09. The van der Waals surface area contributed by atoms with Crippen molar-refractivity contribution in [3.05, 3.63) is 29.6 Å². The quantitative estimate of drug-likeness (QED) is 0.757. The molecule has 1 aliphatic rings. The molecule has 1 fully saturated rings. The molecular weight excluding hydrogens is 265 g/mol. The first-order valence-electron chi connectivity index (χ1n) is 8.31. The zero-order valence-electron chi connectivity index (χ0n) is 13.3. The van der Waals surface area contributed by atoms with Gasteiger partial charge in [-0.3, -0.25) is 0 Å². The van der Waals surface area contributed by atoms with Gasteiger partial charge < -0.3 is 10.1 Å². The van der Waals surface area contributed by atoms with Crippen molar-refractivity contribution >= 4 is 0 Å². The molecule has 1 saturated carbocycles. The lowest BCUT2D eigenvalue weighted by Gasteiger charge is -2.25. The fraction of sp³-hybridized carbons (Fsp3) is 0.667. The minimum absolute atomic E-state index is 0.184. The van der Waals surface area contributed by atoms with Crippen LogP contribution in [0.1, 0.15) is 63.5 Å². The summed E-state index contributed by atoms with van der Waals surface area (Å²) in [6.45, 7) is 2.99. The first-order valence-corrected chi connectivity index (χ1v) is 8.31. The van der Waals surface area contributed by atoms with Gasteiger partial charge in [0.2, 0.25) is 0 Å². The van der Waals surface area contributed by atoms with Gasteiger partial charge >= 0.3 is 0 Å². The van der Waals surface area contributed by atoms with Crippen LogP contribution in [0, 0.1) is 11.7 Å². The summed E-state index contributed by atoms with van der Waals surface area (Å²) < 4.78 is 19.1. The Labute approximate surface area is 128 Å². The second kappa shape index (κ2) is 8.38. The van der Waals surface area contributed by atoms with Gasteiger partial charge in [0, 0.05) is 11.6 Å². The molecule has 0 saturated heterocycles. The van der Waals surface area contributed by atoms with E-state index >= 15 is 0 Å². The number of ether oxygens (including phenoxy) is 1. The average molecular weight is 293 g/mol. The van der Waals surface area contributed by atoms with E-state index in [4.69, 9.17) is 4.74 Å². The zero-order valence-corrected chi connectivity index (χ0v) is 13.3. The van der Waals surface area contributed by atoms with Gasteiger partial charge in [0.25, 0.3) is 0 Å². The average Bonchev–Trinajstić information content (AvgIpc) is 2.75. The molecule has 3 heteroatoms. The van der Waals surface area contributed by atoms with Crippen LogP contribution in [0.2, 0.25) is 0 Å². The van der Waals surface area contributed by atoms with Crippen molar-refractivity contribution in [3.8, 4) is 5.75 Å². The maximum absolute atomic E-state index is 13.6. The van der Waals surface area contributed by atoms with E-state index in [0.29, 0.717) is 0 Å². The second-order valence-electron chi connectivity index (χ2n) is 6.09. The molecule has 0 bridgehead atoms. The van der Waals surface area contributed by atoms with Crippen molar-refractivity contribution < 1.29 is 9.13 Å². The zero-order chi connectivity index (χ0) is 15.1. The topological polar surface area (TPSA) is 21.3 Å². The van der Waals surface area contributed by atoms with Crippen LogP contribution in [0.5, 0.6) is 5.75 Å². The monoisotopic (exact) mass is 293 g/mol. The lowest BCUT2D eigenvalue weighted by atomic mass is 9.89. The van der Waals surface area contributed by atoms with Crippen molar-refractivity contribution in [2.24, 2.45) is 5.92 Å². The molecule has 0 aromatic heterocycles. The molecule has 1 aromatic rings. The fourth-order valence-corrected chi connectivity index (χ4v) is 3.48. The molecule has 0 amide bonds. The van der Waals surface area contributed by atoms with Crippen LogP contribution in [0.25, 0.3) is 0 Å². The van der Waals surface area contributed by atoms with Gasteiger partial charge in [-0.25, -0.2) is 4.39 Å². The van der Waals surface area contributed by atoms with Crippen molar-refractivity contribution in [2.75, 3.05) is 13.7 Å². The normalized spacial score (nSPS) is 18.2. The summed E-state index contributed by atoms with van der Waals surface area (Å²) in [7, 11) is 1.66. The lowest BCUT2D eigenvalue weighted by molar-refractivity contribution is 0.344. The van der Waals surface area contributed by atoms with Crippen LogP contribution in [0.15, 0.2) is 18.2 Å². The third kappa shape index (κ3) is 4.70. The molecule has 2 rings (SSSR count). The SMILES string of the molecule is CCNC(CC1CCCCCC1)c1cc(F)ccc1OC. The second-order valence-corrected chi connectivity index (χ2v) is 6.09. The molecule has 0 heterocycles. The van der Waals surface area contributed by atoms with E-state index in [1.807, 2.05) is 0 Å². The highest BCUT2D eigenvalue weighted by Crippen LogP contribution is 2.34. The lowest BCUT2D eigenvalue weighted by Crippen LogP contribution is -2.24. The predicted molar refractivity (Wildman–Crippen MR) is 85.2 cm³/mol. The minimum Gasteiger partial charge on any atom is -0.496 e. The Kier molecular flexibility index (Phi) is 6.50. The van der Waals surface area contributed by atoms with Crippen LogP contribution in [-0.4, -0.2) is 13.7 Å². The van der Waals surface area contributed by atoms with Crippen LogP contribution in [0.3, 0.4) is 0 Å². The summed E-state index contributed by atoms with van der Waals surface area (Å²) in [6, 6.07) is 5.02. The Morgan fingerprint density at radius 1 is 1.24 bits per heavy atom. The molecule has 0 radical (unpaired) electrons. The summed E-state index contributed by atoms with van der Waals surface area (Å²) in [4.78, 5) is 0. The maximum Gasteiger partial charge on any atom is 0.123 e. The van der Waals surface area contributed by atoms with E-state index in [1.54, 1.807) is 19.2 Å². The number of halogens is 1. The van der Waals surface area contributed by atoms with Crippen molar-refractivity contribution in [2.45, 2.75) is 57.9 Å². The smallest absolute Gasteiger partial charge is 0.123 e. The molecule has 1 N–H and O–H groups in total. The summed E-state index contributed by atoms with van der Waals surface area (Å²) in [5.74, 6) is 1.34. The number of hydrogen-bond donors (Lipinski definition) is 1. The highest BCUT2D eigenvalue weighted by molar-refractivity contribution is 5.36. The van der Waals surface area contributed by atoms with Gasteiger partial charge in [0.1, 0.15) is 11.6 Å². The van der Waals surface area contributed by atoms with Crippen LogP contribution in [0.4, 0.5) is 4.39 Å². The van der Waals surface area contributed by atoms with Gasteiger partial charge in [0.05, 0.1) is 7.11 Å². The standard InChI is InChI=1S/C18H28FNO/c1-3-20-17(12-14-8-6-4-5-7-9-14)16-13-15(19)10-11-18(16)21-2/h10-11,13-14,17,20H,3-9,12H2,1-2H3. The Morgan fingerprint density at radius 2 is 1.95 bits per heavy atom. The van der Waals surface area contributed by atoms with Crippen LogP contribution < -0.4 is 10.1 Å². The van der Waals surface area contributed by atoms with Crippen molar-refractivity contribution in [1.82, 2.24) is 5.32 Å². The van der Waals surface area contributed by atoms with Crippen molar-refractivity contribution in [1.29, 1.82) is 0 Å². The Bertz CT molecular complexity index is 427.